The topological polar surface area (TPSA) is 49.8 Å². The van der Waals surface area contributed by atoms with Crippen LogP contribution < -0.4 is 4.74 Å². The zero-order valence-electron chi connectivity index (χ0n) is 14.3. The molecule has 1 fully saturated rings. The Labute approximate surface area is 148 Å². The summed E-state index contributed by atoms with van der Waals surface area (Å²) in [6, 6.07) is 14.1. The number of hydrogen-bond acceptors (Lipinski definition) is 3. The molecule has 0 amide bonds. The Bertz CT molecular complexity index is 765. The Morgan fingerprint density at radius 2 is 1.76 bits per heavy atom. The van der Waals surface area contributed by atoms with Crippen molar-refractivity contribution in [1.82, 2.24) is 4.90 Å². The Balaban J connectivity index is 1.39. The Hall–Kier alpha value is -2.33. The number of hydrogen-bond donors (Lipinski definition) is 1. The molecule has 1 aliphatic heterocycles. The molecule has 2 aromatic rings. The first-order valence-electron chi connectivity index (χ1n) is 9.00. The number of nitrogens with zero attached hydrogens (tertiary/aromatic N) is 1. The van der Waals surface area contributed by atoms with Crippen LogP contribution in [0, 0.1) is 0 Å². The third-order valence-electron chi connectivity index (χ3n) is 5.18. The number of carboxylic acid groups (broad SMARTS) is 1. The normalized spacial score (nSPS) is 17.6. The van der Waals surface area contributed by atoms with E-state index in [4.69, 9.17) is 9.84 Å². The molecule has 4 rings (SSSR count). The van der Waals surface area contributed by atoms with Crippen LogP contribution in [0.4, 0.5) is 0 Å². The molecule has 25 heavy (non-hydrogen) atoms. The van der Waals surface area contributed by atoms with Crippen LogP contribution in [0.15, 0.2) is 42.5 Å². The van der Waals surface area contributed by atoms with Crippen LogP contribution in [0.2, 0.25) is 0 Å². The fraction of sp³-hybridized carbons (Fsp3) is 0.381. The summed E-state index contributed by atoms with van der Waals surface area (Å²) in [4.78, 5) is 13.5. The lowest BCUT2D eigenvalue weighted by atomic mass is 10.0. The summed E-state index contributed by atoms with van der Waals surface area (Å²) in [7, 11) is 0. The van der Waals surface area contributed by atoms with Gasteiger partial charge in [-0.05, 0) is 66.6 Å². The fourth-order valence-corrected chi connectivity index (χ4v) is 3.52. The van der Waals surface area contributed by atoms with E-state index < -0.39 is 5.97 Å². The molecule has 4 heteroatoms. The maximum atomic E-state index is 10.9. The lowest BCUT2D eigenvalue weighted by Crippen LogP contribution is -2.28. The van der Waals surface area contributed by atoms with E-state index in [-0.39, 0.29) is 0 Å². The van der Waals surface area contributed by atoms with Gasteiger partial charge in [-0.1, -0.05) is 18.2 Å². The maximum Gasteiger partial charge on any atom is 0.335 e. The van der Waals surface area contributed by atoms with Gasteiger partial charge in [0.25, 0.3) is 0 Å². The predicted molar refractivity (Wildman–Crippen MR) is 96.2 cm³/mol. The summed E-state index contributed by atoms with van der Waals surface area (Å²) in [6.45, 7) is 2.78. The molecule has 0 radical (unpaired) electrons. The third kappa shape index (κ3) is 3.85. The van der Waals surface area contributed by atoms with Gasteiger partial charge in [-0.25, -0.2) is 4.79 Å². The lowest BCUT2D eigenvalue weighted by molar-refractivity contribution is 0.0697. The van der Waals surface area contributed by atoms with Crippen molar-refractivity contribution < 1.29 is 14.6 Å². The standard InChI is InChI=1S/C21H23NO3/c23-21(24)17-3-1-15(2-4-17)14-25-20-8-5-16-9-11-22(19-6-7-19)12-10-18(16)13-20/h1-5,8,13,19H,6-7,9-12,14H2,(H,23,24). The van der Waals surface area contributed by atoms with Crippen molar-refractivity contribution in [2.75, 3.05) is 13.1 Å². The van der Waals surface area contributed by atoms with E-state index in [1.165, 1.54) is 30.5 Å². The van der Waals surface area contributed by atoms with Crippen molar-refractivity contribution in [1.29, 1.82) is 0 Å². The van der Waals surface area contributed by atoms with Gasteiger partial charge in [-0.15, -0.1) is 0 Å². The Kier molecular flexibility index (Phi) is 4.45. The first-order chi connectivity index (χ1) is 12.2. The highest BCUT2D eigenvalue weighted by molar-refractivity contribution is 5.87. The van der Waals surface area contributed by atoms with Crippen molar-refractivity contribution in [2.24, 2.45) is 0 Å². The van der Waals surface area contributed by atoms with Gasteiger partial charge in [0, 0.05) is 19.1 Å². The summed E-state index contributed by atoms with van der Waals surface area (Å²) in [5, 5.41) is 8.94. The van der Waals surface area contributed by atoms with Gasteiger partial charge in [0.1, 0.15) is 12.4 Å². The van der Waals surface area contributed by atoms with Crippen molar-refractivity contribution >= 4 is 5.97 Å². The molecule has 1 heterocycles. The minimum absolute atomic E-state index is 0.300. The smallest absolute Gasteiger partial charge is 0.335 e. The van der Waals surface area contributed by atoms with Crippen molar-refractivity contribution in [2.45, 2.75) is 38.3 Å². The Morgan fingerprint density at radius 1 is 1.04 bits per heavy atom. The predicted octanol–water partition coefficient (Wildman–Crippen LogP) is 3.53. The highest BCUT2D eigenvalue weighted by atomic mass is 16.5. The molecule has 2 aliphatic rings. The number of benzene rings is 2. The summed E-state index contributed by atoms with van der Waals surface area (Å²) in [5.74, 6) is -0.0144. The van der Waals surface area contributed by atoms with E-state index in [9.17, 15) is 4.79 Å². The average Bonchev–Trinajstić information content (AvgIpc) is 3.46. The van der Waals surface area contributed by atoms with Gasteiger partial charge < -0.3 is 9.84 Å². The zero-order chi connectivity index (χ0) is 17.2. The number of fused-ring (bicyclic) bond motifs is 1. The largest absolute Gasteiger partial charge is 0.489 e. The van der Waals surface area contributed by atoms with E-state index >= 15 is 0 Å². The molecule has 0 atom stereocenters. The van der Waals surface area contributed by atoms with Crippen LogP contribution in [-0.2, 0) is 19.4 Å². The number of carboxylic acids is 1. The summed E-state index contributed by atoms with van der Waals surface area (Å²) in [5.41, 5.74) is 4.12. The Morgan fingerprint density at radius 3 is 2.44 bits per heavy atom. The molecule has 0 spiro atoms. The quantitative estimate of drug-likeness (QED) is 0.907. The lowest BCUT2D eigenvalue weighted by Gasteiger charge is -2.18. The van der Waals surface area contributed by atoms with Crippen LogP contribution in [0.1, 0.15) is 39.9 Å². The summed E-state index contributed by atoms with van der Waals surface area (Å²) < 4.78 is 5.92. The summed E-state index contributed by atoms with van der Waals surface area (Å²) >= 11 is 0. The molecule has 1 saturated carbocycles. The third-order valence-corrected chi connectivity index (χ3v) is 5.18. The van der Waals surface area contributed by atoms with Crippen molar-refractivity contribution in [3.8, 4) is 5.75 Å². The highest BCUT2D eigenvalue weighted by Crippen LogP contribution is 2.30. The average molecular weight is 337 g/mol. The molecule has 130 valence electrons. The van der Waals surface area contributed by atoms with Gasteiger partial charge in [-0.3, -0.25) is 4.90 Å². The minimum atomic E-state index is -0.904. The monoisotopic (exact) mass is 337 g/mol. The van der Waals surface area contributed by atoms with E-state index in [1.807, 2.05) is 0 Å². The van der Waals surface area contributed by atoms with Crippen LogP contribution in [0.3, 0.4) is 0 Å². The fourth-order valence-electron chi connectivity index (χ4n) is 3.52. The molecule has 1 N–H and O–H groups in total. The molecule has 0 unspecified atom stereocenters. The van der Waals surface area contributed by atoms with Gasteiger partial charge in [0.15, 0.2) is 0 Å². The first kappa shape index (κ1) is 16.2. The van der Waals surface area contributed by atoms with Gasteiger partial charge in [-0.2, -0.15) is 0 Å². The second-order valence-corrected chi connectivity index (χ2v) is 6.99. The number of ether oxygens (including phenoxy) is 1. The van der Waals surface area contributed by atoms with Crippen LogP contribution in [0.5, 0.6) is 5.75 Å². The molecule has 4 nitrogen and oxygen atoms in total. The summed E-state index contributed by atoms with van der Waals surface area (Å²) in [6.07, 6.45) is 4.95. The van der Waals surface area contributed by atoms with Gasteiger partial charge in [0.2, 0.25) is 0 Å². The second kappa shape index (κ2) is 6.89. The molecule has 0 bridgehead atoms. The number of carbonyl (C=O) groups is 1. The van der Waals surface area contributed by atoms with E-state index in [0.29, 0.717) is 12.2 Å². The van der Waals surface area contributed by atoms with Crippen LogP contribution in [0.25, 0.3) is 0 Å². The molecular weight excluding hydrogens is 314 g/mol. The molecule has 0 saturated heterocycles. The SMILES string of the molecule is O=C(O)c1ccc(COc2ccc3c(c2)CCN(C2CC2)CC3)cc1. The van der Waals surface area contributed by atoms with E-state index in [0.717, 1.165) is 36.7 Å². The molecule has 1 aliphatic carbocycles. The van der Waals surface area contributed by atoms with Crippen LogP contribution >= 0.6 is 0 Å². The number of rotatable bonds is 5. The highest BCUT2D eigenvalue weighted by Gasteiger charge is 2.29. The maximum absolute atomic E-state index is 10.9. The van der Waals surface area contributed by atoms with Crippen molar-refractivity contribution in [3.63, 3.8) is 0 Å². The van der Waals surface area contributed by atoms with E-state index in [1.54, 1.807) is 24.3 Å². The number of aromatic carboxylic acids is 1. The van der Waals surface area contributed by atoms with Crippen LogP contribution in [-0.4, -0.2) is 35.1 Å². The van der Waals surface area contributed by atoms with E-state index in [2.05, 4.69) is 23.1 Å². The van der Waals surface area contributed by atoms with Crippen molar-refractivity contribution in [3.05, 3.63) is 64.7 Å². The first-order valence-corrected chi connectivity index (χ1v) is 9.00. The van der Waals surface area contributed by atoms with Gasteiger partial charge in [0.05, 0.1) is 5.56 Å². The molecular formula is C21H23NO3. The van der Waals surface area contributed by atoms with Gasteiger partial charge >= 0.3 is 5.97 Å². The molecule has 2 aromatic carbocycles. The minimum Gasteiger partial charge on any atom is -0.489 e. The second-order valence-electron chi connectivity index (χ2n) is 6.99. The zero-order valence-corrected chi connectivity index (χ0v) is 14.3. The molecule has 0 aromatic heterocycles.